The molecule has 0 bridgehead atoms. The lowest BCUT2D eigenvalue weighted by atomic mass is 10.2. The number of nitrogens with one attached hydrogen (secondary N) is 1. The third-order valence-corrected chi connectivity index (χ3v) is 3.27. The zero-order valence-electron chi connectivity index (χ0n) is 8.75. The first-order valence-electron chi connectivity index (χ1n) is 4.71. The van der Waals surface area contributed by atoms with E-state index in [1.807, 2.05) is 25.3 Å². The number of ether oxygens (including phenoxy) is 1. The Morgan fingerprint density at radius 2 is 2.40 bits per heavy atom. The predicted molar refractivity (Wildman–Crippen MR) is 65.0 cm³/mol. The molecule has 1 aromatic heterocycles. The molecule has 15 heavy (non-hydrogen) atoms. The van der Waals surface area contributed by atoms with Crippen LogP contribution in [-0.4, -0.2) is 12.7 Å². The van der Waals surface area contributed by atoms with Crippen LogP contribution in [0.15, 0.2) is 15.9 Å². The van der Waals surface area contributed by atoms with Crippen molar-refractivity contribution in [2.45, 2.75) is 20.4 Å². The van der Waals surface area contributed by atoms with Crippen LogP contribution in [0, 0.1) is 5.92 Å². The number of alkyl carbamates (subject to hydrolysis) is 1. The second-order valence-electron chi connectivity index (χ2n) is 3.58. The van der Waals surface area contributed by atoms with Crippen LogP contribution < -0.4 is 5.32 Å². The molecule has 1 amide bonds. The molecule has 0 atom stereocenters. The van der Waals surface area contributed by atoms with Gasteiger partial charge in [-0.05, 0) is 27.9 Å². The summed E-state index contributed by atoms with van der Waals surface area (Å²) in [5, 5.41) is 4.68. The van der Waals surface area contributed by atoms with Crippen molar-refractivity contribution in [1.29, 1.82) is 0 Å². The minimum absolute atomic E-state index is 0.353. The third-order valence-electron chi connectivity index (χ3n) is 1.58. The van der Waals surface area contributed by atoms with Crippen LogP contribution in [0.5, 0.6) is 0 Å². The Labute approximate surface area is 102 Å². The van der Waals surface area contributed by atoms with Gasteiger partial charge in [0, 0.05) is 14.7 Å². The van der Waals surface area contributed by atoms with E-state index in [1.165, 1.54) is 0 Å². The van der Waals surface area contributed by atoms with E-state index < -0.39 is 0 Å². The molecule has 0 spiro atoms. The molecule has 3 nitrogen and oxygen atoms in total. The van der Waals surface area contributed by atoms with Gasteiger partial charge in [0.1, 0.15) is 0 Å². The first kappa shape index (κ1) is 12.5. The SMILES string of the molecule is CC(C)COC(=O)NCc1cc(Br)cs1. The van der Waals surface area contributed by atoms with E-state index >= 15 is 0 Å². The van der Waals surface area contributed by atoms with E-state index in [4.69, 9.17) is 4.74 Å². The van der Waals surface area contributed by atoms with Gasteiger partial charge in [-0.15, -0.1) is 11.3 Å². The Bertz CT molecular complexity index is 325. The molecule has 1 aromatic rings. The second-order valence-corrected chi connectivity index (χ2v) is 5.49. The van der Waals surface area contributed by atoms with E-state index in [1.54, 1.807) is 11.3 Å². The summed E-state index contributed by atoms with van der Waals surface area (Å²) in [5.74, 6) is 0.367. The van der Waals surface area contributed by atoms with E-state index in [0.717, 1.165) is 9.35 Å². The lowest BCUT2D eigenvalue weighted by Crippen LogP contribution is -2.24. The normalized spacial score (nSPS) is 10.4. The average Bonchev–Trinajstić information content (AvgIpc) is 2.58. The van der Waals surface area contributed by atoms with Crippen LogP contribution in [0.25, 0.3) is 0 Å². The minimum Gasteiger partial charge on any atom is -0.449 e. The second kappa shape index (κ2) is 6.12. The lowest BCUT2D eigenvalue weighted by Gasteiger charge is -2.07. The van der Waals surface area contributed by atoms with E-state index in [0.29, 0.717) is 19.1 Å². The Morgan fingerprint density at radius 1 is 1.67 bits per heavy atom. The standard InChI is InChI=1S/C10H14BrNO2S/c1-7(2)5-14-10(13)12-4-9-3-8(11)6-15-9/h3,6-7H,4-5H2,1-2H3,(H,12,13). The quantitative estimate of drug-likeness (QED) is 0.923. The van der Waals surface area contributed by atoms with Gasteiger partial charge in [0.2, 0.25) is 0 Å². The maximum atomic E-state index is 11.2. The van der Waals surface area contributed by atoms with Crippen molar-refractivity contribution in [3.8, 4) is 0 Å². The highest BCUT2D eigenvalue weighted by molar-refractivity contribution is 9.10. The lowest BCUT2D eigenvalue weighted by molar-refractivity contribution is 0.132. The number of amides is 1. The van der Waals surface area contributed by atoms with Gasteiger partial charge < -0.3 is 10.1 Å². The summed E-state index contributed by atoms with van der Waals surface area (Å²) >= 11 is 4.95. The monoisotopic (exact) mass is 291 g/mol. The Hall–Kier alpha value is -0.550. The molecule has 0 unspecified atom stereocenters. The molecule has 1 N–H and O–H groups in total. The Kier molecular flexibility index (Phi) is 5.11. The van der Waals surface area contributed by atoms with Crippen molar-refractivity contribution in [2.75, 3.05) is 6.61 Å². The number of halogens is 1. The van der Waals surface area contributed by atoms with Crippen LogP contribution >= 0.6 is 27.3 Å². The van der Waals surface area contributed by atoms with Crippen LogP contribution in [0.3, 0.4) is 0 Å². The van der Waals surface area contributed by atoms with Crippen molar-refractivity contribution in [1.82, 2.24) is 5.32 Å². The zero-order valence-corrected chi connectivity index (χ0v) is 11.2. The fourth-order valence-corrected chi connectivity index (χ4v) is 2.29. The zero-order chi connectivity index (χ0) is 11.3. The molecule has 0 radical (unpaired) electrons. The highest BCUT2D eigenvalue weighted by Crippen LogP contribution is 2.19. The molecular weight excluding hydrogens is 278 g/mol. The van der Waals surface area contributed by atoms with Crippen LogP contribution in [0.1, 0.15) is 18.7 Å². The molecule has 5 heteroatoms. The molecule has 0 aliphatic heterocycles. The predicted octanol–water partition coefficient (Wildman–Crippen LogP) is 3.39. The van der Waals surface area contributed by atoms with E-state index in [2.05, 4.69) is 21.2 Å². The first-order chi connectivity index (χ1) is 7.08. The maximum Gasteiger partial charge on any atom is 0.407 e. The number of carbonyl (C=O) groups is 1. The number of rotatable bonds is 4. The largest absolute Gasteiger partial charge is 0.449 e. The summed E-state index contributed by atoms with van der Waals surface area (Å²) in [6, 6.07) is 1.98. The maximum absolute atomic E-state index is 11.2. The van der Waals surface area contributed by atoms with Gasteiger partial charge in [0.15, 0.2) is 0 Å². The topological polar surface area (TPSA) is 38.3 Å². The number of hydrogen-bond acceptors (Lipinski definition) is 3. The number of carbonyl (C=O) groups excluding carboxylic acids is 1. The molecule has 0 saturated heterocycles. The Balaban J connectivity index is 2.22. The molecule has 0 saturated carbocycles. The molecule has 84 valence electrons. The van der Waals surface area contributed by atoms with Crippen LogP contribution in [0.2, 0.25) is 0 Å². The summed E-state index contributed by atoms with van der Waals surface area (Å²) in [4.78, 5) is 12.3. The van der Waals surface area contributed by atoms with Crippen molar-refractivity contribution >= 4 is 33.4 Å². The molecule has 0 aromatic carbocycles. The van der Waals surface area contributed by atoms with Gasteiger partial charge >= 0.3 is 6.09 Å². The molecule has 1 heterocycles. The van der Waals surface area contributed by atoms with Crippen molar-refractivity contribution in [3.63, 3.8) is 0 Å². The van der Waals surface area contributed by atoms with Crippen molar-refractivity contribution < 1.29 is 9.53 Å². The van der Waals surface area contributed by atoms with Crippen molar-refractivity contribution in [3.05, 3.63) is 20.8 Å². The third kappa shape index (κ3) is 5.18. The summed E-state index contributed by atoms with van der Waals surface area (Å²) in [6.07, 6.45) is -0.353. The summed E-state index contributed by atoms with van der Waals surface area (Å²) < 4.78 is 6.02. The van der Waals surface area contributed by atoms with Gasteiger partial charge in [0.25, 0.3) is 0 Å². The molecular formula is C10H14BrNO2S. The molecule has 0 fully saturated rings. The number of hydrogen-bond donors (Lipinski definition) is 1. The molecule has 0 aliphatic rings. The summed E-state index contributed by atoms with van der Waals surface area (Å²) in [5.41, 5.74) is 0. The van der Waals surface area contributed by atoms with Gasteiger partial charge in [-0.25, -0.2) is 4.79 Å². The fraction of sp³-hybridized carbons (Fsp3) is 0.500. The fourth-order valence-electron chi connectivity index (χ4n) is 0.899. The van der Waals surface area contributed by atoms with E-state index in [-0.39, 0.29) is 6.09 Å². The van der Waals surface area contributed by atoms with Gasteiger partial charge in [-0.1, -0.05) is 13.8 Å². The van der Waals surface area contributed by atoms with E-state index in [9.17, 15) is 4.79 Å². The number of thiophene rings is 1. The van der Waals surface area contributed by atoms with Crippen LogP contribution in [0.4, 0.5) is 4.79 Å². The highest BCUT2D eigenvalue weighted by atomic mass is 79.9. The highest BCUT2D eigenvalue weighted by Gasteiger charge is 2.04. The van der Waals surface area contributed by atoms with Crippen molar-refractivity contribution in [2.24, 2.45) is 5.92 Å². The Morgan fingerprint density at radius 3 is 2.93 bits per heavy atom. The van der Waals surface area contributed by atoms with Gasteiger partial charge in [0.05, 0.1) is 13.2 Å². The first-order valence-corrected chi connectivity index (χ1v) is 6.38. The van der Waals surface area contributed by atoms with Gasteiger partial charge in [-0.3, -0.25) is 0 Å². The molecule has 0 aliphatic carbocycles. The minimum atomic E-state index is -0.353. The van der Waals surface area contributed by atoms with Crippen LogP contribution in [-0.2, 0) is 11.3 Å². The average molecular weight is 292 g/mol. The van der Waals surface area contributed by atoms with Gasteiger partial charge in [-0.2, -0.15) is 0 Å². The summed E-state index contributed by atoms with van der Waals surface area (Å²) in [6.45, 7) is 4.99. The smallest absolute Gasteiger partial charge is 0.407 e. The summed E-state index contributed by atoms with van der Waals surface area (Å²) in [7, 11) is 0. The molecule has 1 rings (SSSR count).